The number of aliphatic imine (C=N–C) groups is 1. The van der Waals surface area contributed by atoms with Gasteiger partial charge in [-0.15, -0.1) is 11.8 Å². The van der Waals surface area contributed by atoms with Crippen molar-refractivity contribution in [2.24, 2.45) is 4.99 Å². The Balaban J connectivity index is 1.61. The molecule has 0 radical (unpaired) electrons. The third kappa shape index (κ3) is 4.90. The quantitative estimate of drug-likeness (QED) is 0.445. The number of thioether (sulfide) groups is 1. The van der Waals surface area contributed by atoms with Crippen LogP contribution < -0.4 is 0 Å². The van der Waals surface area contributed by atoms with Crippen molar-refractivity contribution in [2.45, 2.75) is 50.9 Å². The summed E-state index contributed by atoms with van der Waals surface area (Å²) in [6.07, 6.45) is 3.82. The first-order valence-electron chi connectivity index (χ1n) is 8.86. The lowest BCUT2D eigenvalue weighted by atomic mass is 9.90. The van der Waals surface area contributed by atoms with Gasteiger partial charge in [0.05, 0.1) is 30.7 Å². The first-order valence-corrected chi connectivity index (χ1v) is 9.85. The number of ketones is 1. The van der Waals surface area contributed by atoms with E-state index in [9.17, 15) is 9.18 Å². The highest BCUT2D eigenvalue weighted by atomic mass is 32.2. The highest BCUT2D eigenvalue weighted by Gasteiger charge is 2.40. The van der Waals surface area contributed by atoms with Crippen LogP contribution in [0.3, 0.4) is 0 Å². The summed E-state index contributed by atoms with van der Waals surface area (Å²) in [6, 6.07) is 5.92. The summed E-state index contributed by atoms with van der Waals surface area (Å²) in [7, 11) is 0. The maximum atomic E-state index is 13.0. The van der Waals surface area contributed by atoms with E-state index in [1.54, 1.807) is 11.8 Å². The van der Waals surface area contributed by atoms with Crippen LogP contribution in [-0.2, 0) is 9.47 Å². The predicted molar refractivity (Wildman–Crippen MR) is 97.8 cm³/mol. The summed E-state index contributed by atoms with van der Waals surface area (Å²) >= 11 is 1.61. The maximum absolute atomic E-state index is 13.0. The fraction of sp³-hybridized carbons (Fsp3) is 0.579. The van der Waals surface area contributed by atoms with Crippen LogP contribution in [0.4, 0.5) is 4.39 Å². The van der Waals surface area contributed by atoms with E-state index in [2.05, 4.69) is 6.92 Å². The van der Waals surface area contributed by atoms with Crippen molar-refractivity contribution in [3.05, 3.63) is 35.6 Å². The number of carbonyl (C=O) groups excluding carboxylic acids is 1. The van der Waals surface area contributed by atoms with Gasteiger partial charge in [-0.3, -0.25) is 9.79 Å². The molecule has 1 saturated heterocycles. The number of hydrogen-bond acceptors (Lipinski definition) is 5. The Morgan fingerprint density at radius 3 is 2.48 bits per heavy atom. The Morgan fingerprint density at radius 1 is 1.24 bits per heavy atom. The molecule has 0 atom stereocenters. The van der Waals surface area contributed by atoms with Gasteiger partial charge in [-0.2, -0.15) is 0 Å². The van der Waals surface area contributed by atoms with Crippen molar-refractivity contribution < 1.29 is 18.7 Å². The van der Waals surface area contributed by atoms with Crippen molar-refractivity contribution in [1.29, 1.82) is 0 Å². The molecule has 1 aromatic rings. The van der Waals surface area contributed by atoms with Gasteiger partial charge in [-0.1, -0.05) is 6.92 Å². The van der Waals surface area contributed by atoms with E-state index in [1.807, 2.05) is 0 Å². The second kappa shape index (κ2) is 8.43. The lowest BCUT2D eigenvalue weighted by Crippen LogP contribution is -2.36. The molecule has 0 aromatic heterocycles. The van der Waals surface area contributed by atoms with Crippen molar-refractivity contribution >= 4 is 22.6 Å². The van der Waals surface area contributed by atoms with E-state index in [-0.39, 0.29) is 29.9 Å². The average Bonchev–Trinajstić information content (AvgIpc) is 3.06. The summed E-state index contributed by atoms with van der Waals surface area (Å²) in [5.74, 6) is 0.141. The second-order valence-corrected chi connectivity index (χ2v) is 7.74. The Kier molecular flexibility index (Phi) is 6.25. The minimum Gasteiger partial charge on any atom is -0.348 e. The smallest absolute Gasteiger partial charge is 0.169 e. The molecule has 1 aliphatic carbocycles. The topological polar surface area (TPSA) is 47.9 Å². The Morgan fingerprint density at radius 2 is 1.88 bits per heavy atom. The molecule has 0 N–H and O–H groups in total. The molecule has 1 aliphatic heterocycles. The zero-order valence-electron chi connectivity index (χ0n) is 14.5. The van der Waals surface area contributed by atoms with E-state index in [0.29, 0.717) is 18.8 Å². The monoisotopic (exact) mass is 365 g/mol. The van der Waals surface area contributed by atoms with Crippen molar-refractivity contribution in [2.75, 3.05) is 19.0 Å². The highest BCUT2D eigenvalue weighted by Crippen LogP contribution is 2.37. The van der Waals surface area contributed by atoms with Crippen LogP contribution in [0.1, 0.15) is 49.4 Å². The third-order valence-electron chi connectivity index (χ3n) is 4.65. The molecular formula is C19H24FNO3S. The average molecular weight is 365 g/mol. The lowest BCUT2D eigenvalue weighted by molar-refractivity contribution is -0.178. The summed E-state index contributed by atoms with van der Waals surface area (Å²) in [5, 5.41) is 0.867. The molecule has 0 unspecified atom stereocenters. The Labute approximate surface area is 152 Å². The molecule has 25 heavy (non-hydrogen) atoms. The predicted octanol–water partition coefficient (Wildman–Crippen LogP) is 4.24. The van der Waals surface area contributed by atoms with Gasteiger partial charge < -0.3 is 9.47 Å². The molecule has 1 spiro atoms. The van der Waals surface area contributed by atoms with Crippen molar-refractivity contribution in [3.63, 3.8) is 0 Å². The summed E-state index contributed by atoms with van der Waals surface area (Å²) < 4.78 is 24.5. The lowest BCUT2D eigenvalue weighted by Gasteiger charge is -2.34. The summed E-state index contributed by atoms with van der Waals surface area (Å²) in [6.45, 7) is 3.41. The molecule has 2 fully saturated rings. The van der Waals surface area contributed by atoms with Crippen molar-refractivity contribution in [1.82, 2.24) is 0 Å². The third-order valence-corrected chi connectivity index (χ3v) is 5.52. The first kappa shape index (κ1) is 18.5. The molecule has 1 heterocycles. The van der Waals surface area contributed by atoms with Gasteiger partial charge in [-0.25, -0.2) is 4.39 Å². The Hall–Kier alpha value is -1.24. The normalized spacial score (nSPS) is 21.0. The molecule has 6 heteroatoms. The molecule has 0 amide bonds. The maximum Gasteiger partial charge on any atom is 0.169 e. The fourth-order valence-corrected chi connectivity index (χ4v) is 4.13. The van der Waals surface area contributed by atoms with Gasteiger partial charge >= 0.3 is 0 Å². The zero-order valence-corrected chi connectivity index (χ0v) is 15.3. The number of rotatable bonds is 5. The zero-order chi connectivity index (χ0) is 17.7. The number of nitrogens with zero attached hydrogens (tertiary/aromatic N) is 1. The van der Waals surface area contributed by atoms with Gasteiger partial charge in [-0.05, 0) is 42.9 Å². The fourth-order valence-electron chi connectivity index (χ4n) is 3.34. The summed E-state index contributed by atoms with van der Waals surface area (Å²) in [4.78, 5) is 17.3. The number of benzene rings is 1. The van der Waals surface area contributed by atoms with E-state index < -0.39 is 0 Å². The minimum atomic E-state index is -0.381. The van der Waals surface area contributed by atoms with Gasteiger partial charge in [0.25, 0.3) is 0 Å². The SMILES string of the molecule is CCS/C(CC(=O)c1ccc(F)cc1)=N\C1CCC2(CC1)OCCO2. The van der Waals surface area contributed by atoms with Crippen LogP contribution in [0.2, 0.25) is 0 Å². The molecule has 3 rings (SSSR count). The van der Waals surface area contributed by atoms with Crippen molar-refractivity contribution in [3.8, 4) is 0 Å². The van der Waals surface area contributed by atoms with Crippen LogP contribution in [-0.4, -0.2) is 41.6 Å². The molecule has 1 saturated carbocycles. The number of halogens is 1. The molecule has 2 aliphatic rings. The molecule has 0 bridgehead atoms. The van der Waals surface area contributed by atoms with E-state index in [1.165, 1.54) is 24.3 Å². The van der Waals surface area contributed by atoms with E-state index in [0.717, 1.165) is 36.5 Å². The van der Waals surface area contributed by atoms with E-state index in [4.69, 9.17) is 14.5 Å². The number of hydrogen-bond donors (Lipinski definition) is 0. The van der Waals surface area contributed by atoms with Gasteiger partial charge in [0.15, 0.2) is 11.6 Å². The van der Waals surface area contributed by atoms with Gasteiger partial charge in [0.2, 0.25) is 0 Å². The standard InChI is InChI=1S/C19H24FNO3S/c1-2-25-18(13-17(22)14-3-5-15(20)6-4-14)21-16-7-9-19(10-8-16)23-11-12-24-19/h3-6,16H,2,7-13H2,1H3/b21-18-. The first-order chi connectivity index (χ1) is 12.1. The van der Waals surface area contributed by atoms with E-state index >= 15 is 0 Å². The minimum absolute atomic E-state index is 0.0190. The van der Waals surface area contributed by atoms with Crippen LogP contribution in [0, 0.1) is 5.82 Å². The molecule has 1 aromatic carbocycles. The van der Waals surface area contributed by atoms with Gasteiger partial charge in [0.1, 0.15) is 5.82 Å². The number of ether oxygens (including phenoxy) is 2. The largest absolute Gasteiger partial charge is 0.348 e. The number of Topliss-reactive ketones (excluding diaryl/α,β-unsaturated/α-hetero) is 1. The molecular weight excluding hydrogens is 341 g/mol. The van der Waals surface area contributed by atoms with Crippen LogP contribution in [0.25, 0.3) is 0 Å². The van der Waals surface area contributed by atoms with Crippen LogP contribution in [0.5, 0.6) is 0 Å². The molecule has 136 valence electrons. The van der Waals surface area contributed by atoms with Gasteiger partial charge in [0, 0.05) is 18.4 Å². The molecule has 4 nitrogen and oxygen atoms in total. The van der Waals surface area contributed by atoms with Crippen LogP contribution in [0.15, 0.2) is 29.3 Å². The number of carbonyl (C=O) groups is 1. The van der Waals surface area contributed by atoms with Crippen LogP contribution >= 0.6 is 11.8 Å². The summed E-state index contributed by atoms with van der Waals surface area (Å²) in [5.41, 5.74) is 0.529. The second-order valence-electron chi connectivity index (χ2n) is 6.40. The Bertz CT molecular complexity index is 616. The highest BCUT2D eigenvalue weighted by molar-refractivity contribution is 8.13.